The highest BCUT2D eigenvalue weighted by atomic mass is 19.1. The third-order valence-corrected chi connectivity index (χ3v) is 3.00. The maximum absolute atomic E-state index is 13.9. The zero-order valence-corrected chi connectivity index (χ0v) is 11.6. The molecule has 1 N–H and O–H groups in total. The minimum Gasteiger partial charge on any atom is -0.478 e. The summed E-state index contributed by atoms with van der Waals surface area (Å²) in [5, 5.41) is 8.77. The number of esters is 1. The molecule has 0 aromatic heterocycles. The van der Waals surface area contributed by atoms with Gasteiger partial charge in [-0.2, -0.15) is 0 Å². The highest BCUT2D eigenvalue weighted by Crippen LogP contribution is 2.24. The summed E-state index contributed by atoms with van der Waals surface area (Å²) in [5.74, 6) is -3.87. The van der Waals surface area contributed by atoms with Gasteiger partial charge in [-0.3, -0.25) is 0 Å². The Morgan fingerprint density at radius 1 is 1.00 bits per heavy atom. The molecule has 0 spiro atoms. The van der Waals surface area contributed by atoms with E-state index in [9.17, 15) is 18.4 Å². The quantitative estimate of drug-likeness (QED) is 0.878. The molecule has 2 rings (SSSR count). The predicted octanol–water partition coefficient (Wildman–Crippen LogP) is 3.51. The van der Waals surface area contributed by atoms with E-state index in [4.69, 9.17) is 9.84 Å². The molecule has 22 heavy (non-hydrogen) atoms. The minimum absolute atomic E-state index is 0.127. The molecule has 0 atom stereocenters. The molecule has 2 aromatic rings. The van der Waals surface area contributed by atoms with E-state index >= 15 is 0 Å². The number of hydrogen-bond acceptors (Lipinski definition) is 3. The molecule has 0 aliphatic heterocycles. The van der Waals surface area contributed by atoms with E-state index in [0.29, 0.717) is 11.1 Å². The predicted molar refractivity (Wildman–Crippen MR) is 74.7 cm³/mol. The molecule has 2 aromatic carbocycles. The summed E-state index contributed by atoms with van der Waals surface area (Å²) in [7, 11) is 0. The molecule has 0 aliphatic rings. The molecule has 0 radical (unpaired) electrons. The van der Waals surface area contributed by atoms with Gasteiger partial charge in [0.15, 0.2) is 0 Å². The lowest BCUT2D eigenvalue weighted by atomic mass is 10.0. The zero-order valence-electron chi connectivity index (χ0n) is 11.6. The van der Waals surface area contributed by atoms with Gasteiger partial charge in [-0.05, 0) is 42.3 Å². The van der Waals surface area contributed by atoms with Crippen LogP contribution < -0.4 is 0 Å². The molecule has 0 unspecified atom stereocenters. The molecule has 0 aliphatic carbocycles. The minimum atomic E-state index is -1.38. The van der Waals surface area contributed by atoms with Crippen molar-refractivity contribution in [2.24, 2.45) is 0 Å². The molecule has 0 bridgehead atoms. The second-order valence-electron chi connectivity index (χ2n) is 4.41. The van der Waals surface area contributed by atoms with Crippen LogP contribution >= 0.6 is 0 Å². The first-order chi connectivity index (χ1) is 10.4. The number of benzene rings is 2. The Kier molecular flexibility index (Phi) is 4.50. The Balaban J connectivity index is 2.38. The SMILES string of the molecule is CCOC(=O)c1ccc(-c2ccc(C(=O)O)c(F)c2)cc1F. The van der Waals surface area contributed by atoms with E-state index in [1.165, 1.54) is 18.2 Å². The molecular weight excluding hydrogens is 294 g/mol. The Hall–Kier alpha value is -2.76. The van der Waals surface area contributed by atoms with Crippen LogP contribution in [0.5, 0.6) is 0 Å². The average molecular weight is 306 g/mol. The van der Waals surface area contributed by atoms with E-state index in [1.54, 1.807) is 6.92 Å². The smallest absolute Gasteiger partial charge is 0.341 e. The van der Waals surface area contributed by atoms with Crippen molar-refractivity contribution in [3.05, 3.63) is 59.2 Å². The van der Waals surface area contributed by atoms with E-state index < -0.39 is 29.1 Å². The molecular formula is C16H12F2O4. The fourth-order valence-electron chi connectivity index (χ4n) is 1.94. The highest BCUT2D eigenvalue weighted by Gasteiger charge is 2.15. The van der Waals surface area contributed by atoms with Crippen LogP contribution in [0.25, 0.3) is 11.1 Å². The van der Waals surface area contributed by atoms with Crippen LogP contribution in [0.15, 0.2) is 36.4 Å². The van der Waals surface area contributed by atoms with Crippen LogP contribution in [0.1, 0.15) is 27.6 Å². The van der Waals surface area contributed by atoms with Crippen molar-refractivity contribution in [3.8, 4) is 11.1 Å². The normalized spacial score (nSPS) is 10.3. The van der Waals surface area contributed by atoms with Gasteiger partial charge in [0.2, 0.25) is 0 Å². The van der Waals surface area contributed by atoms with Gasteiger partial charge >= 0.3 is 11.9 Å². The summed E-state index contributed by atoms with van der Waals surface area (Å²) in [6.45, 7) is 1.73. The van der Waals surface area contributed by atoms with E-state index in [-0.39, 0.29) is 12.2 Å². The fraction of sp³-hybridized carbons (Fsp3) is 0.125. The van der Waals surface area contributed by atoms with Gasteiger partial charge in [-0.25, -0.2) is 18.4 Å². The van der Waals surface area contributed by atoms with Crippen molar-refractivity contribution in [2.45, 2.75) is 6.92 Å². The lowest BCUT2D eigenvalue weighted by molar-refractivity contribution is 0.0520. The van der Waals surface area contributed by atoms with Crippen molar-refractivity contribution in [2.75, 3.05) is 6.61 Å². The number of carbonyl (C=O) groups excluding carboxylic acids is 1. The molecule has 6 heteroatoms. The fourth-order valence-corrected chi connectivity index (χ4v) is 1.94. The Labute approximate surface area is 125 Å². The molecule has 114 valence electrons. The van der Waals surface area contributed by atoms with Crippen LogP contribution in [0.4, 0.5) is 8.78 Å². The number of aromatic carboxylic acids is 1. The summed E-state index contributed by atoms with van der Waals surface area (Å²) in [6.07, 6.45) is 0. The molecule has 0 amide bonds. The zero-order chi connectivity index (χ0) is 16.3. The first-order valence-corrected chi connectivity index (χ1v) is 6.44. The van der Waals surface area contributed by atoms with Gasteiger partial charge in [0.05, 0.1) is 17.7 Å². The molecule has 0 heterocycles. The first-order valence-electron chi connectivity index (χ1n) is 6.44. The van der Waals surface area contributed by atoms with Crippen molar-refractivity contribution in [3.63, 3.8) is 0 Å². The van der Waals surface area contributed by atoms with Crippen molar-refractivity contribution in [1.82, 2.24) is 0 Å². The van der Waals surface area contributed by atoms with Crippen molar-refractivity contribution >= 4 is 11.9 Å². The molecule has 4 nitrogen and oxygen atoms in total. The molecule has 0 saturated carbocycles. The summed E-state index contributed by atoms with van der Waals surface area (Å²) in [6, 6.07) is 7.22. The molecule has 0 fully saturated rings. The van der Waals surface area contributed by atoms with Gasteiger partial charge in [0.1, 0.15) is 11.6 Å². The summed E-state index contributed by atoms with van der Waals surface area (Å²) >= 11 is 0. The van der Waals surface area contributed by atoms with Crippen LogP contribution in [-0.4, -0.2) is 23.7 Å². The lowest BCUT2D eigenvalue weighted by Crippen LogP contribution is -2.07. The monoisotopic (exact) mass is 306 g/mol. The number of halogens is 2. The number of carboxylic acid groups (broad SMARTS) is 1. The number of hydrogen-bond donors (Lipinski definition) is 1. The van der Waals surface area contributed by atoms with E-state index in [0.717, 1.165) is 18.2 Å². The third-order valence-electron chi connectivity index (χ3n) is 3.00. The Bertz CT molecular complexity index is 741. The summed E-state index contributed by atoms with van der Waals surface area (Å²) in [4.78, 5) is 22.3. The summed E-state index contributed by atoms with van der Waals surface area (Å²) in [5.41, 5.74) is -0.0567. The first kappa shape index (κ1) is 15.6. The van der Waals surface area contributed by atoms with Gasteiger partial charge in [-0.1, -0.05) is 12.1 Å². The third kappa shape index (κ3) is 3.11. The van der Waals surface area contributed by atoms with E-state index in [1.807, 2.05) is 0 Å². The highest BCUT2D eigenvalue weighted by molar-refractivity contribution is 5.91. The number of carboxylic acids is 1. The second kappa shape index (κ2) is 6.34. The van der Waals surface area contributed by atoms with Gasteiger partial charge in [0.25, 0.3) is 0 Å². The van der Waals surface area contributed by atoms with Crippen molar-refractivity contribution in [1.29, 1.82) is 0 Å². The van der Waals surface area contributed by atoms with Gasteiger partial charge in [0, 0.05) is 0 Å². The van der Waals surface area contributed by atoms with Gasteiger partial charge < -0.3 is 9.84 Å². The number of rotatable bonds is 4. The maximum atomic E-state index is 13.9. The van der Waals surface area contributed by atoms with E-state index in [2.05, 4.69) is 0 Å². The van der Waals surface area contributed by atoms with Crippen LogP contribution in [0.3, 0.4) is 0 Å². The largest absolute Gasteiger partial charge is 0.478 e. The van der Waals surface area contributed by atoms with Gasteiger partial charge in [-0.15, -0.1) is 0 Å². The Morgan fingerprint density at radius 3 is 1.91 bits per heavy atom. The van der Waals surface area contributed by atoms with Crippen LogP contribution in [0, 0.1) is 11.6 Å². The van der Waals surface area contributed by atoms with Crippen LogP contribution in [0.2, 0.25) is 0 Å². The summed E-state index contributed by atoms with van der Waals surface area (Å²) < 4.78 is 32.3. The van der Waals surface area contributed by atoms with Crippen LogP contribution in [-0.2, 0) is 4.74 Å². The topological polar surface area (TPSA) is 63.6 Å². The van der Waals surface area contributed by atoms with Crippen molar-refractivity contribution < 1.29 is 28.2 Å². The maximum Gasteiger partial charge on any atom is 0.341 e. The lowest BCUT2D eigenvalue weighted by Gasteiger charge is -2.07. The number of ether oxygens (including phenoxy) is 1. The standard InChI is InChI=1S/C16H12F2O4/c1-2-22-16(21)12-6-4-10(8-14(12)18)9-3-5-11(15(19)20)13(17)7-9/h3-8H,2H2,1H3,(H,19,20). The average Bonchev–Trinajstić information content (AvgIpc) is 2.46. The second-order valence-corrected chi connectivity index (χ2v) is 4.41. The Morgan fingerprint density at radius 2 is 1.50 bits per heavy atom. The number of carbonyl (C=O) groups is 2. The molecule has 0 saturated heterocycles.